The van der Waals surface area contributed by atoms with Crippen molar-refractivity contribution in [1.82, 2.24) is 0 Å². The third-order valence-electron chi connectivity index (χ3n) is 3.21. The van der Waals surface area contributed by atoms with Gasteiger partial charge in [0, 0.05) is 4.90 Å². The molecule has 120 valence electrons. The first kappa shape index (κ1) is 17.2. The molecule has 0 aliphatic rings. The van der Waals surface area contributed by atoms with Crippen molar-refractivity contribution in [3.05, 3.63) is 47.5 Å². The number of methoxy groups -OCH3 is 1. The van der Waals surface area contributed by atoms with Gasteiger partial charge in [0.15, 0.2) is 0 Å². The van der Waals surface area contributed by atoms with Crippen LogP contribution in [-0.4, -0.2) is 15.5 Å². The van der Waals surface area contributed by atoms with E-state index in [9.17, 15) is 8.42 Å². The number of nitrogens with zero attached hydrogens (tertiary/aromatic N) is 1. The van der Waals surface area contributed by atoms with E-state index in [-0.39, 0.29) is 10.6 Å². The predicted molar refractivity (Wildman–Crippen MR) is 91.2 cm³/mol. The highest BCUT2D eigenvalue weighted by Crippen LogP contribution is 2.29. The van der Waals surface area contributed by atoms with Crippen LogP contribution in [0.5, 0.6) is 5.75 Å². The Hall–Kier alpha value is -2.17. The molecule has 7 heteroatoms. The van der Waals surface area contributed by atoms with E-state index >= 15 is 0 Å². The maximum absolute atomic E-state index is 12.6. The molecule has 0 bridgehead atoms. The van der Waals surface area contributed by atoms with Crippen LogP contribution in [0.25, 0.3) is 0 Å². The van der Waals surface area contributed by atoms with Gasteiger partial charge in [0.1, 0.15) is 16.0 Å². The standard InChI is InChI=1S/C16H16N2O3S2/c1-11-4-7-15(21-3)16(8-11)23(19,20)18-14-6-5-13(22-10-17)9-12(14)2/h4-9,18H,1-3H3. The molecular formula is C16H16N2O3S2. The topological polar surface area (TPSA) is 79.2 Å². The first-order chi connectivity index (χ1) is 10.9. The van der Waals surface area contributed by atoms with E-state index < -0.39 is 10.0 Å². The Labute approximate surface area is 140 Å². The summed E-state index contributed by atoms with van der Waals surface area (Å²) in [5, 5.41) is 10.7. The number of hydrogen-bond acceptors (Lipinski definition) is 5. The molecule has 2 aromatic rings. The normalized spacial score (nSPS) is 10.9. The second-order valence-electron chi connectivity index (χ2n) is 4.93. The largest absolute Gasteiger partial charge is 0.495 e. The monoisotopic (exact) mass is 348 g/mol. The first-order valence-corrected chi connectivity index (χ1v) is 9.01. The summed E-state index contributed by atoms with van der Waals surface area (Å²) in [6, 6.07) is 10.1. The second kappa shape index (κ2) is 6.94. The number of sulfonamides is 1. The van der Waals surface area contributed by atoms with Crippen LogP contribution in [0.3, 0.4) is 0 Å². The van der Waals surface area contributed by atoms with Crippen LogP contribution in [0.2, 0.25) is 0 Å². The zero-order valence-corrected chi connectivity index (χ0v) is 14.6. The summed E-state index contributed by atoms with van der Waals surface area (Å²) >= 11 is 1.03. The van der Waals surface area contributed by atoms with Crippen molar-refractivity contribution in [2.45, 2.75) is 23.6 Å². The molecule has 1 N–H and O–H groups in total. The van der Waals surface area contributed by atoms with Crippen molar-refractivity contribution in [1.29, 1.82) is 5.26 Å². The van der Waals surface area contributed by atoms with Crippen LogP contribution in [0.1, 0.15) is 11.1 Å². The number of ether oxygens (including phenoxy) is 1. The molecule has 0 spiro atoms. The number of rotatable bonds is 5. The first-order valence-electron chi connectivity index (χ1n) is 6.71. The van der Waals surface area contributed by atoms with E-state index in [2.05, 4.69) is 4.72 Å². The van der Waals surface area contributed by atoms with Crippen LogP contribution in [0.15, 0.2) is 46.2 Å². The quantitative estimate of drug-likeness (QED) is 0.658. The summed E-state index contributed by atoms with van der Waals surface area (Å²) in [5.41, 5.74) is 2.03. The molecular weight excluding hydrogens is 332 g/mol. The summed E-state index contributed by atoms with van der Waals surface area (Å²) in [6.07, 6.45) is 0. The van der Waals surface area contributed by atoms with E-state index in [1.807, 2.05) is 12.3 Å². The molecule has 0 heterocycles. The molecule has 23 heavy (non-hydrogen) atoms. The number of hydrogen-bond donors (Lipinski definition) is 1. The lowest BCUT2D eigenvalue weighted by molar-refractivity contribution is 0.402. The minimum absolute atomic E-state index is 0.0925. The fraction of sp³-hybridized carbons (Fsp3) is 0.188. The summed E-state index contributed by atoms with van der Waals surface area (Å²) in [6.45, 7) is 3.60. The van der Waals surface area contributed by atoms with Gasteiger partial charge < -0.3 is 4.74 Å². The van der Waals surface area contributed by atoms with E-state index in [1.54, 1.807) is 43.3 Å². The van der Waals surface area contributed by atoms with Gasteiger partial charge in [-0.3, -0.25) is 4.72 Å². The van der Waals surface area contributed by atoms with Crippen LogP contribution in [0.4, 0.5) is 5.69 Å². The van der Waals surface area contributed by atoms with E-state index in [0.717, 1.165) is 27.8 Å². The third kappa shape index (κ3) is 3.97. The average Bonchev–Trinajstić information content (AvgIpc) is 2.50. The fourth-order valence-electron chi connectivity index (χ4n) is 2.06. The zero-order chi connectivity index (χ0) is 17.0. The summed E-state index contributed by atoms with van der Waals surface area (Å²) < 4.78 is 33.0. The van der Waals surface area contributed by atoms with Crippen LogP contribution in [0, 0.1) is 24.5 Å². The molecule has 0 fully saturated rings. The van der Waals surface area contributed by atoms with Crippen LogP contribution >= 0.6 is 11.8 Å². The highest BCUT2D eigenvalue weighted by atomic mass is 32.2. The predicted octanol–water partition coefficient (Wildman–Crippen LogP) is 3.69. The lowest BCUT2D eigenvalue weighted by atomic mass is 10.2. The minimum atomic E-state index is -3.77. The van der Waals surface area contributed by atoms with Gasteiger partial charge in [-0.15, -0.1) is 0 Å². The van der Waals surface area contributed by atoms with Gasteiger partial charge in [0.05, 0.1) is 12.8 Å². The third-order valence-corrected chi connectivity index (χ3v) is 5.18. The molecule has 0 aliphatic heterocycles. The number of nitriles is 1. The molecule has 0 radical (unpaired) electrons. The van der Waals surface area contributed by atoms with Gasteiger partial charge in [-0.05, 0) is 67.1 Å². The Bertz CT molecular complexity index is 871. The van der Waals surface area contributed by atoms with Gasteiger partial charge in [0.2, 0.25) is 0 Å². The zero-order valence-electron chi connectivity index (χ0n) is 13.0. The molecule has 0 atom stereocenters. The Morgan fingerprint density at radius 3 is 2.52 bits per heavy atom. The number of aryl methyl sites for hydroxylation is 2. The van der Waals surface area contributed by atoms with Crippen molar-refractivity contribution in [2.24, 2.45) is 0 Å². The highest BCUT2D eigenvalue weighted by molar-refractivity contribution is 8.03. The van der Waals surface area contributed by atoms with Crippen LogP contribution in [-0.2, 0) is 10.0 Å². The number of thiocyanates is 1. The molecule has 5 nitrogen and oxygen atoms in total. The lowest BCUT2D eigenvalue weighted by Gasteiger charge is -2.14. The molecule has 0 aromatic heterocycles. The maximum atomic E-state index is 12.6. The van der Waals surface area contributed by atoms with Crippen molar-refractivity contribution in [2.75, 3.05) is 11.8 Å². The Balaban J connectivity index is 2.39. The van der Waals surface area contributed by atoms with Crippen molar-refractivity contribution >= 4 is 27.5 Å². The molecule has 2 rings (SSSR count). The molecule has 2 aromatic carbocycles. The Morgan fingerprint density at radius 2 is 1.91 bits per heavy atom. The summed E-state index contributed by atoms with van der Waals surface area (Å²) in [4.78, 5) is 0.857. The Kier molecular flexibility index (Phi) is 5.19. The number of nitrogens with one attached hydrogen (secondary N) is 1. The van der Waals surface area contributed by atoms with Crippen molar-refractivity contribution < 1.29 is 13.2 Å². The van der Waals surface area contributed by atoms with Crippen molar-refractivity contribution in [3.8, 4) is 11.2 Å². The van der Waals surface area contributed by atoms with Crippen LogP contribution < -0.4 is 9.46 Å². The van der Waals surface area contributed by atoms with Gasteiger partial charge >= 0.3 is 0 Å². The molecule has 0 unspecified atom stereocenters. The van der Waals surface area contributed by atoms with Gasteiger partial charge in [-0.2, -0.15) is 5.26 Å². The van der Waals surface area contributed by atoms with Crippen molar-refractivity contribution in [3.63, 3.8) is 0 Å². The second-order valence-corrected chi connectivity index (χ2v) is 7.44. The Morgan fingerprint density at radius 1 is 1.17 bits per heavy atom. The molecule has 0 saturated carbocycles. The summed E-state index contributed by atoms with van der Waals surface area (Å²) in [5.74, 6) is 0.289. The van der Waals surface area contributed by atoms with E-state index in [4.69, 9.17) is 10.00 Å². The summed E-state index contributed by atoms with van der Waals surface area (Å²) in [7, 11) is -2.34. The van der Waals surface area contributed by atoms with E-state index in [1.165, 1.54) is 7.11 Å². The number of anilines is 1. The smallest absolute Gasteiger partial charge is 0.265 e. The molecule has 0 saturated heterocycles. The molecule has 0 amide bonds. The average molecular weight is 348 g/mol. The fourth-order valence-corrected chi connectivity index (χ4v) is 3.92. The van der Waals surface area contributed by atoms with Gasteiger partial charge in [-0.1, -0.05) is 6.07 Å². The number of benzene rings is 2. The lowest BCUT2D eigenvalue weighted by Crippen LogP contribution is -2.15. The maximum Gasteiger partial charge on any atom is 0.265 e. The number of thioether (sulfide) groups is 1. The minimum Gasteiger partial charge on any atom is -0.495 e. The van der Waals surface area contributed by atoms with Gasteiger partial charge in [-0.25, -0.2) is 8.42 Å². The van der Waals surface area contributed by atoms with E-state index in [0.29, 0.717) is 5.69 Å². The SMILES string of the molecule is COc1ccc(C)cc1S(=O)(=O)Nc1ccc(SC#N)cc1C. The molecule has 0 aliphatic carbocycles. The van der Waals surface area contributed by atoms with Gasteiger partial charge in [0.25, 0.3) is 10.0 Å². The highest BCUT2D eigenvalue weighted by Gasteiger charge is 2.20.